The lowest BCUT2D eigenvalue weighted by atomic mass is 9.57. The smallest absolute Gasteiger partial charge is 0.0738 e. The minimum absolute atomic E-state index is 0.170. The molecule has 2 unspecified atom stereocenters. The van der Waals surface area contributed by atoms with Crippen molar-refractivity contribution >= 4 is 0 Å². The zero-order chi connectivity index (χ0) is 16.4. The number of aliphatic hydroxyl groups is 1. The molecule has 2 rings (SSSR count). The molecule has 1 aromatic carbocycles. The van der Waals surface area contributed by atoms with Gasteiger partial charge in [0.15, 0.2) is 0 Å². The van der Waals surface area contributed by atoms with Crippen molar-refractivity contribution in [3.05, 3.63) is 35.9 Å². The molecule has 0 radical (unpaired) electrons. The van der Waals surface area contributed by atoms with Crippen molar-refractivity contribution in [1.82, 2.24) is 0 Å². The van der Waals surface area contributed by atoms with Gasteiger partial charge in [-0.3, -0.25) is 0 Å². The van der Waals surface area contributed by atoms with Gasteiger partial charge in [-0.15, -0.1) is 0 Å². The second kappa shape index (κ2) is 6.33. The van der Waals surface area contributed by atoms with E-state index in [4.69, 9.17) is 5.73 Å². The van der Waals surface area contributed by atoms with Crippen LogP contribution in [0.2, 0.25) is 0 Å². The molecule has 2 heteroatoms. The van der Waals surface area contributed by atoms with E-state index in [9.17, 15) is 5.11 Å². The number of hydrogen-bond acceptors (Lipinski definition) is 2. The van der Waals surface area contributed by atoms with Crippen LogP contribution in [0.15, 0.2) is 30.3 Å². The highest BCUT2D eigenvalue weighted by Crippen LogP contribution is 2.50. The molecule has 0 amide bonds. The predicted molar refractivity (Wildman–Crippen MR) is 93.7 cm³/mol. The summed E-state index contributed by atoms with van der Waals surface area (Å²) in [5.41, 5.74) is 7.15. The van der Waals surface area contributed by atoms with Crippen molar-refractivity contribution in [3.8, 4) is 0 Å². The second-order valence-corrected chi connectivity index (χ2v) is 8.14. The van der Waals surface area contributed by atoms with Gasteiger partial charge >= 0.3 is 0 Å². The lowest BCUT2D eigenvalue weighted by Gasteiger charge is -2.53. The summed E-state index contributed by atoms with van der Waals surface area (Å²) >= 11 is 0. The molecule has 2 nitrogen and oxygen atoms in total. The van der Waals surface area contributed by atoms with Crippen molar-refractivity contribution in [2.45, 2.75) is 77.4 Å². The summed E-state index contributed by atoms with van der Waals surface area (Å²) in [5.74, 6) is 0.170. The van der Waals surface area contributed by atoms with E-state index in [1.165, 1.54) is 5.56 Å². The van der Waals surface area contributed by atoms with Gasteiger partial charge in [0.1, 0.15) is 0 Å². The normalized spacial score (nSPS) is 28.5. The molecule has 0 aliphatic heterocycles. The van der Waals surface area contributed by atoms with Gasteiger partial charge in [0.05, 0.1) is 5.60 Å². The summed E-state index contributed by atoms with van der Waals surface area (Å²) in [7, 11) is 0. The molecule has 0 bridgehead atoms. The monoisotopic (exact) mass is 303 g/mol. The van der Waals surface area contributed by atoms with Gasteiger partial charge in [-0.25, -0.2) is 0 Å². The van der Waals surface area contributed by atoms with Crippen LogP contribution in [0.25, 0.3) is 0 Å². The molecule has 22 heavy (non-hydrogen) atoms. The van der Waals surface area contributed by atoms with Gasteiger partial charge < -0.3 is 10.8 Å². The van der Waals surface area contributed by atoms with Crippen molar-refractivity contribution in [2.24, 2.45) is 17.1 Å². The molecular formula is C20H33NO. The van der Waals surface area contributed by atoms with E-state index in [1.807, 2.05) is 6.07 Å². The summed E-state index contributed by atoms with van der Waals surface area (Å²) in [6.07, 6.45) is 5.55. The van der Waals surface area contributed by atoms with E-state index < -0.39 is 5.60 Å². The zero-order valence-electron chi connectivity index (χ0n) is 14.7. The molecule has 2 atom stereocenters. The Hall–Kier alpha value is -0.860. The van der Waals surface area contributed by atoms with Gasteiger partial charge in [-0.05, 0) is 43.1 Å². The molecule has 0 aromatic heterocycles. The molecule has 1 saturated carbocycles. The Morgan fingerprint density at radius 2 is 1.77 bits per heavy atom. The summed E-state index contributed by atoms with van der Waals surface area (Å²) in [5, 5.41) is 11.6. The Labute approximate surface area is 136 Å². The first-order valence-corrected chi connectivity index (χ1v) is 8.80. The highest BCUT2D eigenvalue weighted by atomic mass is 16.3. The second-order valence-electron chi connectivity index (χ2n) is 8.14. The van der Waals surface area contributed by atoms with Crippen LogP contribution in [-0.2, 0) is 6.42 Å². The third-order valence-corrected chi connectivity index (χ3v) is 5.91. The van der Waals surface area contributed by atoms with Crippen LogP contribution in [0.3, 0.4) is 0 Å². The average molecular weight is 303 g/mol. The number of hydrogen-bond donors (Lipinski definition) is 2. The van der Waals surface area contributed by atoms with Gasteiger partial charge in [0, 0.05) is 17.9 Å². The van der Waals surface area contributed by atoms with E-state index >= 15 is 0 Å². The molecule has 0 heterocycles. The zero-order valence-corrected chi connectivity index (χ0v) is 14.7. The van der Waals surface area contributed by atoms with Crippen molar-refractivity contribution in [3.63, 3.8) is 0 Å². The quantitative estimate of drug-likeness (QED) is 0.851. The first-order valence-electron chi connectivity index (χ1n) is 8.80. The Kier molecular flexibility index (Phi) is 5.03. The predicted octanol–water partition coefficient (Wildman–Crippen LogP) is 4.30. The lowest BCUT2D eigenvalue weighted by Crippen LogP contribution is -2.60. The fourth-order valence-electron chi connectivity index (χ4n) is 4.54. The van der Waals surface area contributed by atoms with Gasteiger partial charge in [0.2, 0.25) is 0 Å². The Morgan fingerprint density at radius 3 is 2.32 bits per heavy atom. The molecule has 1 fully saturated rings. The van der Waals surface area contributed by atoms with Crippen LogP contribution in [-0.4, -0.2) is 16.2 Å². The third kappa shape index (κ3) is 3.55. The number of rotatable bonds is 5. The van der Waals surface area contributed by atoms with E-state index in [0.717, 1.165) is 32.1 Å². The van der Waals surface area contributed by atoms with Gasteiger partial charge in [0.25, 0.3) is 0 Å². The Bertz CT molecular complexity index is 478. The fraction of sp³-hybridized carbons (Fsp3) is 0.700. The minimum Gasteiger partial charge on any atom is -0.389 e. The molecule has 0 spiro atoms. The maximum absolute atomic E-state index is 11.6. The third-order valence-electron chi connectivity index (χ3n) is 5.91. The first kappa shape index (κ1) is 17.5. The van der Waals surface area contributed by atoms with E-state index in [2.05, 4.69) is 52.0 Å². The highest BCUT2D eigenvalue weighted by molar-refractivity contribution is 5.19. The van der Waals surface area contributed by atoms with Crippen molar-refractivity contribution < 1.29 is 5.11 Å². The summed E-state index contributed by atoms with van der Waals surface area (Å²) in [6.45, 7) is 8.86. The summed E-state index contributed by atoms with van der Waals surface area (Å²) in [6, 6.07) is 10.4. The SMILES string of the molecule is CCC(N)(CC)C1CCC(C)(C)CC1(O)Cc1ccccc1. The van der Waals surface area contributed by atoms with Crippen LogP contribution in [0.4, 0.5) is 0 Å². The van der Waals surface area contributed by atoms with Crippen LogP contribution in [0, 0.1) is 11.3 Å². The fourth-order valence-corrected chi connectivity index (χ4v) is 4.54. The molecule has 1 aliphatic rings. The largest absolute Gasteiger partial charge is 0.389 e. The Morgan fingerprint density at radius 1 is 1.18 bits per heavy atom. The van der Waals surface area contributed by atoms with Crippen LogP contribution in [0.5, 0.6) is 0 Å². The maximum atomic E-state index is 11.6. The van der Waals surface area contributed by atoms with Crippen LogP contribution < -0.4 is 5.73 Å². The van der Waals surface area contributed by atoms with Crippen LogP contribution in [0.1, 0.15) is 65.4 Å². The standard InChI is InChI=1S/C20H33NO/c1-5-19(21,6-2)17-12-13-18(3,4)15-20(17,22)14-16-10-8-7-9-11-16/h7-11,17,22H,5-6,12-15,21H2,1-4H3. The van der Waals surface area contributed by atoms with Gasteiger partial charge in [-0.2, -0.15) is 0 Å². The summed E-state index contributed by atoms with van der Waals surface area (Å²) in [4.78, 5) is 0. The molecule has 1 aliphatic carbocycles. The van der Waals surface area contributed by atoms with Crippen molar-refractivity contribution in [1.29, 1.82) is 0 Å². The van der Waals surface area contributed by atoms with E-state index in [0.29, 0.717) is 6.42 Å². The first-order chi connectivity index (χ1) is 10.2. The molecule has 0 saturated heterocycles. The molecular weight excluding hydrogens is 270 g/mol. The lowest BCUT2D eigenvalue weighted by molar-refractivity contribution is -0.112. The number of nitrogens with two attached hydrogens (primary N) is 1. The molecule has 124 valence electrons. The van der Waals surface area contributed by atoms with Gasteiger partial charge in [-0.1, -0.05) is 58.0 Å². The highest BCUT2D eigenvalue weighted by Gasteiger charge is 2.51. The van der Waals surface area contributed by atoms with Crippen LogP contribution >= 0.6 is 0 Å². The van der Waals surface area contributed by atoms with Crippen molar-refractivity contribution in [2.75, 3.05) is 0 Å². The molecule has 1 aromatic rings. The number of benzene rings is 1. The average Bonchev–Trinajstić information content (AvgIpc) is 2.46. The minimum atomic E-state index is -0.704. The molecule has 3 N–H and O–H groups in total. The van der Waals surface area contributed by atoms with E-state index in [-0.39, 0.29) is 16.9 Å². The Balaban J connectivity index is 2.34. The maximum Gasteiger partial charge on any atom is 0.0738 e. The summed E-state index contributed by atoms with van der Waals surface area (Å²) < 4.78 is 0. The topological polar surface area (TPSA) is 46.2 Å². The van der Waals surface area contributed by atoms with E-state index in [1.54, 1.807) is 0 Å².